The summed E-state index contributed by atoms with van der Waals surface area (Å²) in [7, 11) is 0. The molecule has 1 heterocycles. The maximum atomic E-state index is 12.8. The highest BCUT2D eigenvalue weighted by atomic mass is 32.2. The first-order chi connectivity index (χ1) is 14.9. The van der Waals surface area contributed by atoms with Crippen molar-refractivity contribution in [3.63, 3.8) is 0 Å². The quantitative estimate of drug-likeness (QED) is 0.533. The lowest BCUT2D eigenvalue weighted by Crippen LogP contribution is -2.32. The maximum absolute atomic E-state index is 12.8. The summed E-state index contributed by atoms with van der Waals surface area (Å²) in [4.78, 5) is 26.7. The first-order valence-corrected chi connectivity index (χ1v) is 10.8. The number of nitriles is 1. The molecule has 2 aromatic carbocycles. The number of imide groups is 1. The molecule has 0 unspecified atom stereocenters. The van der Waals surface area contributed by atoms with Crippen LogP contribution in [0.25, 0.3) is 6.08 Å². The van der Waals surface area contributed by atoms with Crippen molar-refractivity contribution in [3.8, 4) is 17.6 Å². The molecule has 3 rings (SSSR count). The predicted molar refractivity (Wildman–Crippen MR) is 121 cm³/mol. The van der Waals surface area contributed by atoms with Crippen LogP contribution in [0.3, 0.4) is 0 Å². The Morgan fingerprint density at radius 1 is 1.13 bits per heavy atom. The summed E-state index contributed by atoms with van der Waals surface area (Å²) in [5, 5.41) is 8.40. The summed E-state index contributed by atoms with van der Waals surface area (Å²) >= 11 is 0.888. The minimum atomic E-state index is -0.359. The van der Waals surface area contributed by atoms with Gasteiger partial charge in [0.05, 0.1) is 11.4 Å². The highest BCUT2D eigenvalue weighted by molar-refractivity contribution is 8.18. The van der Waals surface area contributed by atoms with Gasteiger partial charge in [-0.05, 0) is 53.9 Å². The number of carbonyl (C=O) groups is 2. The van der Waals surface area contributed by atoms with Gasteiger partial charge in [-0.3, -0.25) is 14.5 Å². The van der Waals surface area contributed by atoms with Crippen LogP contribution in [0.2, 0.25) is 0 Å². The molecule has 0 N–H and O–H groups in total. The van der Waals surface area contributed by atoms with E-state index in [-0.39, 0.29) is 30.9 Å². The van der Waals surface area contributed by atoms with E-state index in [1.54, 1.807) is 30.3 Å². The number of hydrogen-bond acceptors (Lipinski definition) is 6. The number of thioether (sulfide) groups is 1. The third-order valence-electron chi connectivity index (χ3n) is 4.73. The SMILES string of the molecule is Cc1ccc(C(C)C)c(OCCN2C(=O)S/C(=C\c3ccccc3OCC#N)C2=O)c1. The van der Waals surface area contributed by atoms with E-state index >= 15 is 0 Å². The molecule has 0 saturated carbocycles. The second-order valence-electron chi connectivity index (χ2n) is 7.36. The molecular weight excluding hydrogens is 412 g/mol. The second kappa shape index (κ2) is 10.2. The predicted octanol–water partition coefficient (Wildman–Crippen LogP) is 5.14. The molecule has 1 aliphatic heterocycles. The van der Waals surface area contributed by atoms with Gasteiger partial charge in [-0.1, -0.05) is 44.2 Å². The Morgan fingerprint density at radius 2 is 1.90 bits per heavy atom. The van der Waals surface area contributed by atoms with Crippen molar-refractivity contribution in [3.05, 3.63) is 64.1 Å². The largest absolute Gasteiger partial charge is 0.491 e. The van der Waals surface area contributed by atoms with Crippen LogP contribution in [-0.2, 0) is 4.79 Å². The van der Waals surface area contributed by atoms with Crippen LogP contribution in [0.5, 0.6) is 11.5 Å². The first-order valence-electron chi connectivity index (χ1n) is 9.98. The lowest BCUT2D eigenvalue weighted by Gasteiger charge is -2.17. The zero-order valence-corrected chi connectivity index (χ0v) is 18.6. The van der Waals surface area contributed by atoms with Gasteiger partial charge in [0, 0.05) is 5.56 Å². The van der Waals surface area contributed by atoms with Gasteiger partial charge in [0.2, 0.25) is 0 Å². The molecular formula is C24H24N2O4S. The Morgan fingerprint density at radius 3 is 2.65 bits per heavy atom. The van der Waals surface area contributed by atoms with Crippen LogP contribution in [0.15, 0.2) is 47.4 Å². The Bertz CT molecular complexity index is 1060. The van der Waals surface area contributed by atoms with Crippen molar-refractivity contribution in [1.82, 2.24) is 4.90 Å². The molecule has 0 aromatic heterocycles. The molecule has 2 amide bonds. The van der Waals surface area contributed by atoms with E-state index in [9.17, 15) is 9.59 Å². The van der Waals surface area contributed by atoms with Crippen LogP contribution in [0, 0.1) is 18.3 Å². The normalized spacial score (nSPS) is 14.9. The number of nitrogens with zero attached hydrogens (tertiary/aromatic N) is 2. The maximum Gasteiger partial charge on any atom is 0.293 e. The smallest absolute Gasteiger partial charge is 0.293 e. The summed E-state index contributed by atoms with van der Waals surface area (Å²) in [6, 6.07) is 15.1. The molecule has 7 heteroatoms. The zero-order chi connectivity index (χ0) is 22.4. The van der Waals surface area contributed by atoms with Gasteiger partial charge in [0.15, 0.2) is 6.61 Å². The van der Waals surface area contributed by atoms with E-state index in [0.29, 0.717) is 22.1 Å². The molecule has 1 aliphatic rings. The molecule has 0 aliphatic carbocycles. The minimum absolute atomic E-state index is 0.0962. The number of benzene rings is 2. The van der Waals surface area contributed by atoms with Crippen molar-refractivity contribution in [1.29, 1.82) is 5.26 Å². The van der Waals surface area contributed by atoms with Gasteiger partial charge >= 0.3 is 0 Å². The molecule has 1 saturated heterocycles. The molecule has 0 spiro atoms. The van der Waals surface area contributed by atoms with E-state index in [1.807, 2.05) is 31.2 Å². The number of rotatable bonds is 8. The lowest BCUT2D eigenvalue weighted by molar-refractivity contribution is -0.123. The van der Waals surface area contributed by atoms with Gasteiger partial charge in [-0.25, -0.2) is 0 Å². The molecule has 6 nitrogen and oxygen atoms in total. The van der Waals surface area contributed by atoms with Crippen LogP contribution in [-0.4, -0.2) is 35.8 Å². The van der Waals surface area contributed by atoms with Gasteiger partial charge in [0.25, 0.3) is 11.1 Å². The summed E-state index contributed by atoms with van der Waals surface area (Å²) < 4.78 is 11.3. The molecule has 0 radical (unpaired) electrons. The fraction of sp³-hybridized carbons (Fsp3) is 0.292. The Kier molecular flexibility index (Phi) is 7.37. The van der Waals surface area contributed by atoms with Gasteiger partial charge in [0.1, 0.15) is 24.2 Å². The van der Waals surface area contributed by atoms with E-state index in [2.05, 4.69) is 13.8 Å². The molecule has 2 aromatic rings. The Hall–Kier alpha value is -3.24. The molecule has 1 fully saturated rings. The number of amides is 2. The van der Waals surface area contributed by atoms with Crippen molar-refractivity contribution in [2.75, 3.05) is 19.8 Å². The van der Waals surface area contributed by atoms with E-state index in [1.165, 1.54) is 4.90 Å². The highest BCUT2D eigenvalue weighted by Crippen LogP contribution is 2.34. The molecule has 0 atom stereocenters. The molecule has 160 valence electrons. The second-order valence-corrected chi connectivity index (χ2v) is 8.36. The van der Waals surface area contributed by atoms with Crippen molar-refractivity contribution >= 4 is 29.0 Å². The topological polar surface area (TPSA) is 79.6 Å². The van der Waals surface area contributed by atoms with E-state index in [4.69, 9.17) is 14.7 Å². The zero-order valence-electron chi connectivity index (χ0n) is 17.8. The van der Waals surface area contributed by atoms with Crippen molar-refractivity contribution in [2.45, 2.75) is 26.7 Å². The monoisotopic (exact) mass is 436 g/mol. The van der Waals surface area contributed by atoms with Gasteiger partial charge in [-0.15, -0.1) is 0 Å². The molecule has 31 heavy (non-hydrogen) atoms. The summed E-state index contributed by atoms with van der Waals surface area (Å²) in [5.41, 5.74) is 2.82. The van der Waals surface area contributed by atoms with Gasteiger partial charge in [-0.2, -0.15) is 5.26 Å². The van der Waals surface area contributed by atoms with Crippen molar-refractivity contribution < 1.29 is 19.1 Å². The third-order valence-corrected chi connectivity index (χ3v) is 5.64. The van der Waals surface area contributed by atoms with Crippen LogP contribution < -0.4 is 9.47 Å². The number of carbonyl (C=O) groups excluding carboxylic acids is 2. The molecule has 0 bridgehead atoms. The summed E-state index contributed by atoms with van der Waals surface area (Å²) in [5.74, 6) is 1.21. The standard InChI is InChI=1S/C24H24N2O4S/c1-16(2)19-9-8-17(3)14-21(19)30-13-11-26-23(27)22(31-24(26)28)15-18-6-4-5-7-20(18)29-12-10-25/h4-9,14-16H,11-13H2,1-3H3/b22-15-. The minimum Gasteiger partial charge on any atom is -0.491 e. The van der Waals surface area contributed by atoms with Gasteiger partial charge < -0.3 is 9.47 Å². The van der Waals surface area contributed by atoms with Crippen molar-refractivity contribution in [2.24, 2.45) is 0 Å². The third kappa shape index (κ3) is 5.47. The summed E-state index contributed by atoms with van der Waals surface area (Å²) in [6.07, 6.45) is 1.62. The first kappa shape index (κ1) is 22.4. The lowest BCUT2D eigenvalue weighted by atomic mass is 10.0. The Balaban J connectivity index is 1.69. The Labute approximate surface area is 186 Å². The number of hydrogen-bond donors (Lipinski definition) is 0. The highest BCUT2D eigenvalue weighted by Gasteiger charge is 2.35. The summed E-state index contributed by atoms with van der Waals surface area (Å²) in [6.45, 7) is 6.47. The number of para-hydroxylation sites is 1. The average Bonchev–Trinajstić information content (AvgIpc) is 3.00. The van der Waals surface area contributed by atoms with E-state index < -0.39 is 0 Å². The average molecular weight is 437 g/mol. The fourth-order valence-corrected chi connectivity index (χ4v) is 4.02. The fourth-order valence-electron chi connectivity index (χ4n) is 3.17. The van der Waals surface area contributed by atoms with E-state index in [0.717, 1.165) is 28.6 Å². The van der Waals surface area contributed by atoms with Crippen LogP contribution >= 0.6 is 11.8 Å². The number of aryl methyl sites for hydroxylation is 1. The number of ether oxygens (including phenoxy) is 2. The van der Waals surface area contributed by atoms with Crippen LogP contribution in [0.4, 0.5) is 4.79 Å². The van der Waals surface area contributed by atoms with Crippen LogP contribution in [0.1, 0.15) is 36.5 Å².